The molecule has 0 bridgehead atoms. The van der Waals surface area contributed by atoms with Crippen LogP contribution >= 0.6 is 0 Å². The minimum absolute atomic E-state index is 0.0335. The van der Waals surface area contributed by atoms with Crippen molar-refractivity contribution in [1.82, 2.24) is 5.32 Å². The van der Waals surface area contributed by atoms with Gasteiger partial charge < -0.3 is 20.5 Å². The Labute approximate surface area is 123 Å². The lowest BCUT2D eigenvalue weighted by Crippen LogP contribution is -2.46. The van der Waals surface area contributed by atoms with Crippen molar-refractivity contribution >= 4 is 11.7 Å². The van der Waals surface area contributed by atoms with Gasteiger partial charge in [0.25, 0.3) is 0 Å². The minimum atomic E-state index is -0.481. The Morgan fingerprint density at radius 1 is 1.52 bits per heavy atom. The molecule has 2 unspecified atom stereocenters. The summed E-state index contributed by atoms with van der Waals surface area (Å²) in [5.74, 6) is -0.142. The highest BCUT2D eigenvalue weighted by Gasteiger charge is 2.39. The number of hydrogen-bond donors (Lipinski definition) is 3. The van der Waals surface area contributed by atoms with Gasteiger partial charge in [0.2, 0.25) is 0 Å². The van der Waals surface area contributed by atoms with Crippen LogP contribution in [0, 0.1) is 11.2 Å². The summed E-state index contributed by atoms with van der Waals surface area (Å²) in [7, 11) is 1.43. The van der Waals surface area contributed by atoms with E-state index < -0.39 is 11.8 Å². The molecule has 1 aromatic rings. The van der Waals surface area contributed by atoms with Crippen molar-refractivity contribution in [1.29, 1.82) is 0 Å². The zero-order valence-electron chi connectivity index (χ0n) is 12.3. The van der Waals surface area contributed by atoms with Crippen molar-refractivity contribution in [3.63, 3.8) is 0 Å². The van der Waals surface area contributed by atoms with Crippen LogP contribution in [-0.4, -0.2) is 30.9 Å². The highest BCUT2D eigenvalue weighted by atomic mass is 19.1. The second kappa shape index (κ2) is 6.30. The number of carbonyl (C=O) groups excluding carboxylic acids is 1. The molecule has 0 aromatic heterocycles. The molecule has 1 aliphatic carbocycles. The van der Waals surface area contributed by atoms with Crippen molar-refractivity contribution in [3.05, 3.63) is 24.0 Å². The van der Waals surface area contributed by atoms with E-state index in [4.69, 9.17) is 4.74 Å². The first-order valence-corrected chi connectivity index (χ1v) is 7.00. The van der Waals surface area contributed by atoms with Gasteiger partial charge in [-0.15, -0.1) is 0 Å². The molecule has 21 heavy (non-hydrogen) atoms. The maximum Gasteiger partial charge on any atom is 0.319 e. The van der Waals surface area contributed by atoms with Gasteiger partial charge >= 0.3 is 6.03 Å². The summed E-state index contributed by atoms with van der Waals surface area (Å²) in [5.41, 5.74) is 0.0322. The molecule has 0 heterocycles. The Morgan fingerprint density at radius 3 is 2.95 bits per heavy atom. The standard InChI is InChI=1S/C15H21FN2O3/c1-15(9-19)5-3-4-13(15)18-14(20)17-11-6-10(16)7-12(8-11)21-2/h6-8,13,19H,3-5,9H2,1-2H3,(H2,17,18,20). The van der Waals surface area contributed by atoms with E-state index in [1.54, 1.807) is 6.07 Å². The number of aliphatic hydroxyl groups is 1. The smallest absolute Gasteiger partial charge is 0.319 e. The van der Waals surface area contributed by atoms with E-state index in [1.807, 2.05) is 6.92 Å². The third kappa shape index (κ3) is 3.64. The predicted molar refractivity (Wildman–Crippen MR) is 77.9 cm³/mol. The van der Waals surface area contributed by atoms with Crippen molar-refractivity contribution in [3.8, 4) is 5.75 Å². The van der Waals surface area contributed by atoms with E-state index in [2.05, 4.69) is 10.6 Å². The van der Waals surface area contributed by atoms with Gasteiger partial charge in [-0.1, -0.05) is 13.3 Å². The third-order valence-electron chi connectivity index (χ3n) is 4.11. The van der Waals surface area contributed by atoms with Crippen LogP contribution < -0.4 is 15.4 Å². The van der Waals surface area contributed by atoms with Gasteiger partial charge in [0.05, 0.1) is 13.7 Å². The maximum absolute atomic E-state index is 13.4. The first-order valence-electron chi connectivity index (χ1n) is 7.00. The fourth-order valence-corrected chi connectivity index (χ4v) is 2.75. The van der Waals surface area contributed by atoms with Crippen LogP contribution in [0.4, 0.5) is 14.9 Å². The number of halogens is 1. The zero-order valence-corrected chi connectivity index (χ0v) is 12.3. The number of rotatable bonds is 4. The Morgan fingerprint density at radius 2 is 2.29 bits per heavy atom. The van der Waals surface area contributed by atoms with Crippen molar-refractivity contribution in [2.24, 2.45) is 5.41 Å². The Hall–Kier alpha value is -1.82. The number of ether oxygens (including phenoxy) is 1. The molecular formula is C15H21FN2O3. The number of carbonyl (C=O) groups is 1. The molecule has 1 aromatic carbocycles. The van der Waals surface area contributed by atoms with Crippen LogP contribution in [0.3, 0.4) is 0 Å². The molecule has 0 radical (unpaired) electrons. The minimum Gasteiger partial charge on any atom is -0.497 e. The van der Waals surface area contributed by atoms with Gasteiger partial charge in [-0.3, -0.25) is 0 Å². The molecule has 0 saturated heterocycles. The lowest BCUT2D eigenvalue weighted by molar-refractivity contribution is 0.122. The number of aliphatic hydroxyl groups excluding tert-OH is 1. The topological polar surface area (TPSA) is 70.6 Å². The number of urea groups is 1. The molecule has 2 amide bonds. The summed E-state index contributed by atoms with van der Waals surface area (Å²) in [6, 6.07) is 3.51. The van der Waals surface area contributed by atoms with Crippen LogP contribution in [0.25, 0.3) is 0 Å². The number of amides is 2. The number of nitrogens with one attached hydrogen (secondary N) is 2. The lowest BCUT2D eigenvalue weighted by atomic mass is 9.86. The maximum atomic E-state index is 13.4. The first kappa shape index (κ1) is 15.6. The molecule has 5 nitrogen and oxygen atoms in total. The second-order valence-corrected chi connectivity index (χ2v) is 5.74. The van der Waals surface area contributed by atoms with Gasteiger partial charge in [0.15, 0.2) is 0 Å². The average molecular weight is 296 g/mol. The van der Waals surface area contributed by atoms with E-state index in [1.165, 1.54) is 19.2 Å². The first-order chi connectivity index (χ1) is 9.96. The van der Waals surface area contributed by atoms with Crippen LogP contribution in [-0.2, 0) is 0 Å². The van der Waals surface area contributed by atoms with Gasteiger partial charge in [-0.2, -0.15) is 0 Å². The quantitative estimate of drug-likeness (QED) is 0.799. The SMILES string of the molecule is COc1cc(F)cc(NC(=O)NC2CCCC2(C)CO)c1. The van der Waals surface area contributed by atoms with Crippen LogP contribution in [0.15, 0.2) is 18.2 Å². The van der Waals surface area contributed by atoms with Crippen molar-refractivity contribution in [2.75, 3.05) is 19.0 Å². The van der Waals surface area contributed by atoms with Gasteiger partial charge in [0, 0.05) is 29.3 Å². The average Bonchev–Trinajstić information content (AvgIpc) is 2.80. The molecule has 1 saturated carbocycles. The molecule has 116 valence electrons. The molecule has 0 aliphatic heterocycles. The molecule has 2 rings (SSSR count). The van der Waals surface area contributed by atoms with E-state index in [0.717, 1.165) is 19.3 Å². The summed E-state index contributed by atoms with van der Waals surface area (Å²) in [6.07, 6.45) is 2.68. The van der Waals surface area contributed by atoms with Gasteiger partial charge in [-0.25, -0.2) is 9.18 Å². The van der Waals surface area contributed by atoms with E-state index in [-0.39, 0.29) is 18.1 Å². The largest absolute Gasteiger partial charge is 0.497 e. The van der Waals surface area contributed by atoms with Crippen LogP contribution in [0.2, 0.25) is 0 Å². The molecule has 2 atom stereocenters. The summed E-state index contributed by atoms with van der Waals surface area (Å²) in [6.45, 7) is 1.99. The highest BCUT2D eigenvalue weighted by Crippen LogP contribution is 2.37. The predicted octanol–water partition coefficient (Wildman–Crippen LogP) is 2.51. The fraction of sp³-hybridized carbons (Fsp3) is 0.533. The number of hydrogen-bond acceptors (Lipinski definition) is 3. The molecule has 1 aliphatic rings. The van der Waals surface area contributed by atoms with Crippen molar-refractivity contribution < 1.29 is 19.0 Å². The molecule has 0 spiro atoms. The summed E-state index contributed by atoms with van der Waals surface area (Å²) < 4.78 is 18.3. The van der Waals surface area contributed by atoms with E-state index in [0.29, 0.717) is 11.4 Å². The Kier molecular flexibility index (Phi) is 4.67. The molecular weight excluding hydrogens is 275 g/mol. The summed E-state index contributed by atoms with van der Waals surface area (Å²) >= 11 is 0. The van der Waals surface area contributed by atoms with Gasteiger partial charge in [-0.05, 0) is 18.9 Å². The third-order valence-corrected chi connectivity index (χ3v) is 4.11. The molecule has 6 heteroatoms. The summed E-state index contributed by atoms with van der Waals surface area (Å²) in [5, 5.41) is 14.9. The Bertz CT molecular complexity index is 524. The molecule has 1 fully saturated rings. The highest BCUT2D eigenvalue weighted by molar-refractivity contribution is 5.89. The fourth-order valence-electron chi connectivity index (χ4n) is 2.75. The van der Waals surface area contributed by atoms with Crippen molar-refractivity contribution in [2.45, 2.75) is 32.2 Å². The van der Waals surface area contributed by atoms with Crippen LogP contribution in [0.5, 0.6) is 5.75 Å². The van der Waals surface area contributed by atoms with Gasteiger partial charge in [0.1, 0.15) is 11.6 Å². The number of benzene rings is 1. The van der Waals surface area contributed by atoms with Crippen LogP contribution in [0.1, 0.15) is 26.2 Å². The monoisotopic (exact) mass is 296 g/mol. The van der Waals surface area contributed by atoms with E-state index >= 15 is 0 Å². The Balaban J connectivity index is 2.00. The normalized spacial score (nSPS) is 24.7. The molecule has 3 N–H and O–H groups in total. The number of anilines is 1. The zero-order chi connectivity index (χ0) is 15.5. The van der Waals surface area contributed by atoms with E-state index in [9.17, 15) is 14.3 Å². The second-order valence-electron chi connectivity index (χ2n) is 5.74. The lowest BCUT2D eigenvalue weighted by Gasteiger charge is -2.30. The number of methoxy groups -OCH3 is 1. The summed E-state index contributed by atoms with van der Waals surface area (Å²) in [4.78, 5) is 12.0.